The number of allylic oxidation sites excluding steroid dienone is 5. The monoisotopic (exact) mass is 276 g/mol. The molecule has 3 nitrogen and oxygen atoms in total. The fourth-order valence-electron chi connectivity index (χ4n) is 1.48. The van der Waals surface area contributed by atoms with Crippen LogP contribution in [0.4, 0.5) is 0 Å². The second-order valence-corrected chi connectivity index (χ2v) is 3.25. The van der Waals surface area contributed by atoms with Gasteiger partial charge in [0, 0.05) is 5.57 Å². The fourth-order valence-corrected chi connectivity index (χ4v) is 1.48. The number of aliphatic imine (C=N–C) groups is 2. The van der Waals surface area contributed by atoms with Crippen molar-refractivity contribution in [3.8, 4) is 0 Å². The Hall–Kier alpha value is -1.90. The Morgan fingerprint density at radius 2 is 1.80 bits per heavy atom. The molecule has 0 spiro atoms. The third kappa shape index (κ3) is 6.32. The summed E-state index contributed by atoms with van der Waals surface area (Å²) in [6.07, 6.45) is 7.10. The van der Waals surface area contributed by atoms with Gasteiger partial charge in [-0.25, -0.2) is 4.99 Å². The first-order chi connectivity index (χ1) is 9.74. The van der Waals surface area contributed by atoms with Gasteiger partial charge in [0.25, 0.3) is 0 Å². The van der Waals surface area contributed by atoms with Crippen molar-refractivity contribution in [3.63, 3.8) is 0 Å². The highest BCUT2D eigenvalue weighted by molar-refractivity contribution is 5.66. The molecule has 1 heterocycles. The van der Waals surface area contributed by atoms with E-state index in [1.165, 1.54) is 6.34 Å². The third-order valence-electron chi connectivity index (χ3n) is 2.28. The molecule has 0 aromatic heterocycles. The molecule has 0 aliphatic carbocycles. The minimum atomic E-state index is 0.572. The summed E-state index contributed by atoms with van der Waals surface area (Å²) in [4.78, 5) is 7.83. The van der Waals surface area contributed by atoms with E-state index >= 15 is 0 Å². The van der Waals surface area contributed by atoms with E-state index in [9.17, 15) is 0 Å². The van der Waals surface area contributed by atoms with E-state index < -0.39 is 0 Å². The molecule has 0 atom stereocenters. The van der Waals surface area contributed by atoms with Gasteiger partial charge in [-0.05, 0) is 26.1 Å². The molecule has 20 heavy (non-hydrogen) atoms. The van der Waals surface area contributed by atoms with E-state index in [2.05, 4.69) is 23.3 Å². The summed E-state index contributed by atoms with van der Waals surface area (Å²) in [5, 5.41) is 0. The second kappa shape index (κ2) is 13.5. The molecular formula is C17H28N2O. The standard InChI is InChI=1S/C13H16N2O.2C2H6/c1-5-7-12-11(6-2)8-16-10(3)13(12)15-9-14-4;2*1-2/h5-7,9H,1,4,8H2,2-3H3;2*1-2H3/b11-6-,12-7+,15-9?;;. The van der Waals surface area contributed by atoms with Gasteiger partial charge in [-0.2, -0.15) is 0 Å². The Morgan fingerprint density at radius 1 is 1.20 bits per heavy atom. The summed E-state index contributed by atoms with van der Waals surface area (Å²) >= 11 is 0. The molecule has 0 fully saturated rings. The lowest BCUT2D eigenvalue weighted by atomic mass is 10.00. The smallest absolute Gasteiger partial charge is 0.120 e. The summed E-state index contributed by atoms with van der Waals surface area (Å²) in [7, 11) is 0. The van der Waals surface area contributed by atoms with Crippen molar-refractivity contribution in [1.29, 1.82) is 0 Å². The lowest BCUT2D eigenvalue weighted by Crippen LogP contribution is -2.10. The first-order valence-corrected chi connectivity index (χ1v) is 7.05. The topological polar surface area (TPSA) is 34.0 Å². The minimum absolute atomic E-state index is 0.572. The van der Waals surface area contributed by atoms with E-state index in [1.54, 1.807) is 6.08 Å². The van der Waals surface area contributed by atoms with Crippen LogP contribution >= 0.6 is 0 Å². The van der Waals surface area contributed by atoms with Crippen LogP contribution in [-0.4, -0.2) is 19.7 Å². The first kappa shape index (κ1) is 20.4. The van der Waals surface area contributed by atoms with Crippen molar-refractivity contribution in [2.45, 2.75) is 41.5 Å². The molecule has 3 heteroatoms. The van der Waals surface area contributed by atoms with Crippen LogP contribution in [0.15, 0.2) is 57.4 Å². The normalized spacial score (nSPS) is 17.9. The molecule has 0 unspecified atom stereocenters. The average Bonchev–Trinajstić information content (AvgIpc) is 2.51. The summed E-state index contributed by atoms with van der Waals surface area (Å²) in [5.74, 6) is 0.790. The van der Waals surface area contributed by atoms with Crippen molar-refractivity contribution < 1.29 is 4.74 Å². The molecule has 0 saturated heterocycles. The van der Waals surface area contributed by atoms with Crippen molar-refractivity contribution >= 4 is 13.1 Å². The van der Waals surface area contributed by atoms with Crippen LogP contribution in [0.3, 0.4) is 0 Å². The first-order valence-electron chi connectivity index (χ1n) is 7.05. The average molecular weight is 276 g/mol. The van der Waals surface area contributed by atoms with Gasteiger partial charge in [0.1, 0.15) is 24.4 Å². The SMILES string of the molecule is C=C/C=C1/C(N=CN=C)=C(C)OC/C1=C/C.CC.CC. The van der Waals surface area contributed by atoms with E-state index in [-0.39, 0.29) is 0 Å². The Balaban J connectivity index is 0. The molecular weight excluding hydrogens is 248 g/mol. The number of nitrogens with zero attached hydrogens (tertiary/aromatic N) is 2. The zero-order valence-electron chi connectivity index (χ0n) is 13.7. The van der Waals surface area contributed by atoms with Crippen LogP contribution in [0.5, 0.6) is 0 Å². The second-order valence-electron chi connectivity index (χ2n) is 3.25. The van der Waals surface area contributed by atoms with Crippen LogP contribution < -0.4 is 0 Å². The highest BCUT2D eigenvalue weighted by Gasteiger charge is 2.18. The van der Waals surface area contributed by atoms with Crippen molar-refractivity contribution in [1.82, 2.24) is 0 Å². The lowest BCUT2D eigenvalue weighted by Gasteiger charge is -2.21. The number of rotatable bonds is 3. The Labute approximate surface area is 124 Å². The maximum atomic E-state index is 5.53. The van der Waals surface area contributed by atoms with E-state index in [0.717, 1.165) is 22.6 Å². The summed E-state index contributed by atoms with van der Waals surface area (Å²) in [5.41, 5.74) is 2.91. The van der Waals surface area contributed by atoms with Gasteiger partial charge in [0.05, 0.1) is 0 Å². The molecule has 0 aromatic carbocycles. The van der Waals surface area contributed by atoms with Crippen molar-refractivity contribution in [2.75, 3.05) is 6.61 Å². The Bertz CT molecular complexity index is 413. The number of ether oxygens (including phenoxy) is 1. The maximum absolute atomic E-state index is 5.53. The van der Waals surface area contributed by atoms with E-state index in [1.807, 2.05) is 53.7 Å². The third-order valence-corrected chi connectivity index (χ3v) is 2.28. The highest BCUT2D eigenvalue weighted by Crippen LogP contribution is 2.29. The quantitative estimate of drug-likeness (QED) is 0.522. The molecule has 0 N–H and O–H groups in total. The van der Waals surface area contributed by atoms with Gasteiger partial charge in [-0.15, -0.1) is 0 Å². The Kier molecular flexibility index (Phi) is 13.8. The van der Waals surface area contributed by atoms with Gasteiger partial charge >= 0.3 is 0 Å². The van der Waals surface area contributed by atoms with Crippen molar-refractivity contribution in [2.24, 2.45) is 9.98 Å². The van der Waals surface area contributed by atoms with Crippen LogP contribution in [0, 0.1) is 0 Å². The van der Waals surface area contributed by atoms with E-state index in [4.69, 9.17) is 4.74 Å². The highest BCUT2D eigenvalue weighted by atomic mass is 16.5. The summed E-state index contributed by atoms with van der Waals surface area (Å²) in [6, 6.07) is 0. The molecule has 0 radical (unpaired) electrons. The zero-order valence-corrected chi connectivity index (χ0v) is 13.7. The molecule has 112 valence electrons. The number of hydrogen-bond donors (Lipinski definition) is 0. The van der Waals surface area contributed by atoms with Crippen LogP contribution in [0.25, 0.3) is 0 Å². The van der Waals surface area contributed by atoms with Gasteiger partial charge in [-0.3, -0.25) is 4.99 Å². The van der Waals surface area contributed by atoms with Crippen LogP contribution in [0.1, 0.15) is 41.5 Å². The molecule has 1 rings (SSSR count). The van der Waals surface area contributed by atoms with Gasteiger partial charge in [0.15, 0.2) is 0 Å². The molecule has 1 aliphatic heterocycles. The fraction of sp³-hybridized carbons (Fsp3) is 0.412. The molecule has 0 saturated carbocycles. The maximum Gasteiger partial charge on any atom is 0.120 e. The minimum Gasteiger partial charge on any atom is -0.491 e. The predicted octanol–water partition coefficient (Wildman–Crippen LogP) is 5.09. The molecule has 0 amide bonds. The van der Waals surface area contributed by atoms with Crippen LogP contribution in [-0.2, 0) is 4.74 Å². The molecule has 1 aliphatic rings. The summed E-state index contributed by atoms with van der Waals surface area (Å²) < 4.78 is 5.53. The number of hydrogen-bond acceptors (Lipinski definition) is 2. The van der Waals surface area contributed by atoms with Crippen molar-refractivity contribution in [3.05, 3.63) is 47.4 Å². The van der Waals surface area contributed by atoms with Gasteiger partial charge < -0.3 is 4.74 Å². The Morgan fingerprint density at radius 3 is 2.25 bits per heavy atom. The molecule has 0 aromatic rings. The van der Waals surface area contributed by atoms with Gasteiger partial charge in [0.2, 0.25) is 0 Å². The summed E-state index contributed by atoms with van der Waals surface area (Å²) in [6.45, 7) is 19.5. The van der Waals surface area contributed by atoms with E-state index in [0.29, 0.717) is 6.61 Å². The van der Waals surface area contributed by atoms with Crippen LogP contribution in [0.2, 0.25) is 0 Å². The molecule has 0 bridgehead atoms. The largest absolute Gasteiger partial charge is 0.491 e. The predicted molar refractivity (Wildman–Crippen MR) is 91.4 cm³/mol. The lowest BCUT2D eigenvalue weighted by molar-refractivity contribution is 0.231. The zero-order chi connectivity index (χ0) is 16.0. The van der Waals surface area contributed by atoms with Gasteiger partial charge in [-0.1, -0.05) is 52.5 Å².